The van der Waals surface area contributed by atoms with E-state index < -0.39 is 17.5 Å². The lowest BCUT2D eigenvalue weighted by Crippen LogP contribution is -2.05. The van der Waals surface area contributed by atoms with Gasteiger partial charge in [0.1, 0.15) is 17.5 Å². The number of nitrogens with one attached hydrogen (secondary N) is 1. The third kappa shape index (κ3) is 2.79. The molecule has 0 saturated carbocycles. The third-order valence-corrected chi connectivity index (χ3v) is 2.95. The average molecular weight is 265 g/mol. The highest BCUT2D eigenvalue weighted by molar-refractivity contribution is 5.68. The first-order valence-corrected chi connectivity index (χ1v) is 5.92. The zero-order chi connectivity index (χ0) is 14.0. The van der Waals surface area contributed by atoms with Gasteiger partial charge in [0.05, 0.1) is 5.56 Å². The molecule has 0 bridgehead atoms. The van der Waals surface area contributed by atoms with E-state index in [1.54, 1.807) is 19.1 Å². The Labute approximate surface area is 110 Å². The van der Waals surface area contributed by atoms with Crippen LogP contribution in [-0.4, -0.2) is 7.05 Å². The standard InChI is InChI=1S/C15H14F3N/c1-9-5-10(8-19-2)3-4-12(9)15-13(17)6-11(16)7-14(15)18/h3-7,19H,8H2,1-2H3. The SMILES string of the molecule is CNCc1ccc(-c2c(F)cc(F)cc2F)c(C)c1. The molecule has 2 aromatic rings. The molecule has 0 unspecified atom stereocenters. The maximum Gasteiger partial charge on any atom is 0.136 e. The van der Waals surface area contributed by atoms with Crippen molar-refractivity contribution in [2.24, 2.45) is 0 Å². The Kier molecular flexibility index (Phi) is 3.90. The van der Waals surface area contributed by atoms with Crippen LogP contribution in [0.3, 0.4) is 0 Å². The Morgan fingerprint density at radius 3 is 2.16 bits per heavy atom. The van der Waals surface area contributed by atoms with Gasteiger partial charge in [-0.25, -0.2) is 13.2 Å². The van der Waals surface area contributed by atoms with Crippen LogP contribution in [0.15, 0.2) is 30.3 Å². The van der Waals surface area contributed by atoms with Gasteiger partial charge in [-0.2, -0.15) is 0 Å². The molecule has 0 aliphatic carbocycles. The van der Waals surface area contributed by atoms with Crippen LogP contribution in [0, 0.1) is 24.4 Å². The second-order valence-corrected chi connectivity index (χ2v) is 4.42. The highest BCUT2D eigenvalue weighted by Gasteiger charge is 2.15. The van der Waals surface area contributed by atoms with Gasteiger partial charge in [0.2, 0.25) is 0 Å². The molecule has 0 atom stereocenters. The average Bonchev–Trinajstić information content (AvgIpc) is 2.31. The van der Waals surface area contributed by atoms with Crippen molar-refractivity contribution in [2.75, 3.05) is 7.05 Å². The maximum absolute atomic E-state index is 13.7. The molecule has 1 N–H and O–H groups in total. The van der Waals surface area contributed by atoms with Crippen LogP contribution < -0.4 is 5.32 Å². The van der Waals surface area contributed by atoms with E-state index in [0.717, 1.165) is 11.1 Å². The molecule has 4 heteroatoms. The van der Waals surface area contributed by atoms with Crippen molar-refractivity contribution in [3.8, 4) is 11.1 Å². The smallest absolute Gasteiger partial charge is 0.136 e. The van der Waals surface area contributed by atoms with Gasteiger partial charge in [-0.1, -0.05) is 18.2 Å². The first-order valence-electron chi connectivity index (χ1n) is 5.92. The molecule has 19 heavy (non-hydrogen) atoms. The van der Waals surface area contributed by atoms with E-state index in [1.807, 2.05) is 13.1 Å². The fourth-order valence-electron chi connectivity index (χ4n) is 2.12. The van der Waals surface area contributed by atoms with E-state index in [4.69, 9.17) is 0 Å². The number of hydrogen-bond acceptors (Lipinski definition) is 1. The molecule has 0 amide bonds. The van der Waals surface area contributed by atoms with Gasteiger partial charge in [0.15, 0.2) is 0 Å². The number of aryl methyl sites for hydroxylation is 1. The lowest BCUT2D eigenvalue weighted by molar-refractivity contribution is 0.548. The summed E-state index contributed by atoms with van der Waals surface area (Å²) in [7, 11) is 1.82. The van der Waals surface area contributed by atoms with E-state index in [2.05, 4.69) is 5.32 Å². The zero-order valence-corrected chi connectivity index (χ0v) is 10.7. The minimum Gasteiger partial charge on any atom is -0.316 e. The number of hydrogen-bond donors (Lipinski definition) is 1. The zero-order valence-electron chi connectivity index (χ0n) is 10.7. The summed E-state index contributed by atoms with van der Waals surface area (Å²) < 4.78 is 40.4. The second-order valence-electron chi connectivity index (χ2n) is 4.42. The number of benzene rings is 2. The lowest BCUT2D eigenvalue weighted by Gasteiger charge is -2.11. The van der Waals surface area contributed by atoms with Crippen molar-refractivity contribution in [3.63, 3.8) is 0 Å². The van der Waals surface area contributed by atoms with Crippen LogP contribution in [0.4, 0.5) is 13.2 Å². The van der Waals surface area contributed by atoms with Crippen LogP contribution >= 0.6 is 0 Å². The summed E-state index contributed by atoms with van der Waals surface area (Å²) >= 11 is 0. The van der Waals surface area contributed by atoms with E-state index in [9.17, 15) is 13.2 Å². The molecule has 0 spiro atoms. The van der Waals surface area contributed by atoms with E-state index >= 15 is 0 Å². The van der Waals surface area contributed by atoms with E-state index in [-0.39, 0.29) is 5.56 Å². The van der Waals surface area contributed by atoms with Gasteiger partial charge in [-0.15, -0.1) is 0 Å². The van der Waals surface area contributed by atoms with Gasteiger partial charge >= 0.3 is 0 Å². The highest BCUT2D eigenvalue weighted by Crippen LogP contribution is 2.30. The number of halogens is 3. The van der Waals surface area contributed by atoms with Gasteiger partial charge in [-0.05, 0) is 30.7 Å². The topological polar surface area (TPSA) is 12.0 Å². The fraction of sp³-hybridized carbons (Fsp3) is 0.200. The van der Waals surface area contributed by atoms with Crippen LogP contribution in [-0.2, 0) is 6.54 Å². The Bertz CT molecular complexity index is 585. The first kappa shape index (κ1) is 13.6. The molecule has 0 heterocycles. The summed E-state index contributed by atoms with van der Waals surface area (Å²) in [5.74, 6) is -2.69. The van der Waals surface area contributed by atoms with Crippen molar-refractivity contribution in [1.29, 1.82) is 0 Å². The molecule has 2 aromatic carbocycles. The second kappa shape index (κ2) is 5.45. The molecule has 0 fully saturated rings. The Morgan fingerprint density at radius 1 is 1.00 bits per heavy atom. The predicted octanol–water partition coefficient (Wildman–Crippen LogP) is 3.80. The van der Waals surface area contributed by atoms with Crippen LogP contribution in [0.5, 0.6) is 0 Å². The lowest BCUT2D eigenvalue weighted by atomic mass is 9.97. The van der Waals surface area contributed by atoms with E-state index in [1.165, 1.54) is 0 Å². The number of rotatable bonds is 3. The monoisotopic (exact) mass is 265 g/mol. The summed E-state index contributed by atoms with van der Waals surface area (Å²) in [4.78, 5) is 0. The molecule has 0 aliphatic rings. The molecule has 1 nitrogen and oxygen atoms in total. The maximum atomic E-state index is 13.7. The highest BCUT2D eigenvalue weighted by atomic mass is 19.1. The van der Waals surface area contributed by atoms with Crippen molar-refractivity contribution in [3.05, 3.63) is 58.9 Å². The summed E-state index contributed by atoms with van der Waals surface area (Å²) in [6, 6.07) is 6.69. The molecule has 2 rings (SSSR count). The first-order chi connectivity index (χ1) is 9.02. The molecule has 0 aliphatic heterocycles. The molecule has 100 valence electrons. The van der Waals surface area contributed by atoms with Gasteiger partial charge in [-0.3, -0.25) is 0 Å². The summed E-state index contributed by atoms with van der Waals surface area (Å²) in [5, 5.41) is 3.00. The van der Waals surface area contributed by atoms with Crippen LogP contribution in [0.1, 0.15) is 11.1 Å². The molecule has 0 radical (unpaired) electrons. The molecule has 0 aromatic heterocycles. The van der Waals surface area contributed by atoms with Crippen LogP contribution in [0.2, 0.25) is 0 Å². The normalized spacial score (nSPS) is 10.8. The minimum absolute atomic E-state index is 0.185. The van der Waals surface area contributed by atoms with Crippen LogP contribution in [0.25, 0.3) is 11.1 Å². The largest absolute Gasteiger partial charge is 0.316 e. The summed E-state index contributed by atoms with van der Waals surface area (Å²) in [6.07, 6.45) is 0. The summed E-state index contributed by atoms with van der Waals surface area (Å²) in [6.45, 7) is 2.45. The Balaban J connectivity index is 2.53. The van der Waals surface area contributed by atoms with Gasteiger partial charge in [0, 0.05) is 18.7 Å². The fourth-order valence-corrected chi connectivity index (χ4v) is 2.12. The minimum atomic E-state index is -0.914. The van der Waals surface area contributed by atoms with Crippen molar-refractivity contribution >= 4 is 0 Å². The quantitative estimate of drug-likeness (QED) is 0.890. The van der Waals surface area contributed by atoms with Gasteiger partial charge < -0.3 is 5.32 Å². The van der Waals surface area contributed by atoms with Crippen molar-refractivity contribution in [1.82, 2.24) is 5.32 Å². The molecular weight excluding hydrogens is 251 g/mol. The summed E-state index contributed by atoms with van der Waals surface area (Å²) in [5.41, 5.74) is 2.02. The molecular formula is C15H14F3N. The molecule has 0 saturated heterocycles. The third-order valence-electron chi connectivity index (χ3n) is 2.95. The van der Waals surface area contributed by atoms with Crippen molar-refractivity contribution < 1.29 is 13.2 Å². The van der Waals surface area contributed by atoms with Gasteiger partial charge in [0.25, 0.3) is 0 Å². The van der Waals surface area contributed by atoms with Crippen molar-refractivity contribution in [2.45, 2.75) is 13.5 Å². The van der Waals surface area contributed by atoms with E-state index in [0.29, 0.717) is 24.2 Å². The Hall–Kier alpha value is -1.81. The predicted molar refractivity (Wildman–Crippen MR) is 69.3 cm³/mol. The Morgan fingerprint density at radius 2 is 1.63 bits per heavy atom.